The van der Waals surface area contributed by atoms with Crippen molar-refractivity contribution in [1.29, 1.82) is 0 Å². The van der Waals surface area contributed by atoms with Crippen LogP contribution in [0, 0.1) is 5.92 Å². The number of thiol groups is 1. The summed E-state index contributed by atoms with van der Waals surface area (Å²) in [6.45, 7) is 4.39. The Morgan fingerprint density at radius 1 is 1.21 bits per heavy atom. The molecule has 0 heterocycles. The van der Waals surface area contributed by atoms with E-state index in [9.17, 15) is 9.90 Å². The van der Waals surface area contributed by atoms with Gasteiger partial charge in [-0.05, 0) is 12.3 Å². The topological polar surface area (TPSA) is 40.1 Å². The van der Waals surface area contributed by atoms with Gasteiger partial charge in [0.25, 0.3) is 0 Å². The molecular formula is C10H19NaO2S. The van der Waals surface area contributed by atoms with Crippen LogP contribution in [0.25, 0.3) is 0 Å². The van der Waals surface area contributed by atoms with Crippen LogP contribution in [0.1, 0.15) is 46.0 Å². The first-order valence-corrected chi connectivity index (χ1v) is 5.44. The van der Waals surface area contributed by atoms with Crippen LogP contribution in [0.5, 0.6) is 0 Å². The maximum atomic E-state index is 10.3. The summed E-state index contributed by atoms with van der Waals surface area (Å²) in [7, 11) is 0. The Balaban J connectivity index is 0. The van der Waals surface area contributed by atoms with Crippen molar-refractivity contribution in [3.05, 3.63) is 0 Å². The van der Waals surface area contributed by atoms with Crippen LogP contribution in [0.2, 0.25) is 0 Å². The Bertz CT molecular complexity index is 151. The van der Waals surface area contributed by atoms with E-state index < -0.39 is 11.2 Å². The van der Waals surface area contributed by atoms with Gasteiger partial charge in [0.1, 0.15) is 0 Å². The van der Waals surface area contributed by atoms with E-state index in [-0.39, 0.29) is 29.6 Å². The standard InChI is InChI=1S/C10H20O2S.Na/c1-8(2)6-4-3-5-7-9(13)10(11)12;/h8-9,13H,3-7H2,1-2H3,(H,11,12);/q;+1/p-1. The molecule has 0 rings (SSSR count). The minimum Gasteiger partial charge on any atom is -0.549 e. The summed E-state index contributed by atoms with van der Waals surface area (Å²) in [5.41, 5.74) is 0. The molecule has 0 N–H and O–H groups in total. The van der Waals surface area contributed by atoms with E-state index in [1.807, 2.05) is 0 Å². The molecule has 0 aliphatic heterocycles. The second kappa shape index (κ2) is 10.3. The third-order valence-electron chi connectivity index (χ3n) is 2.03. The summed E-state index contributed by atoms with van der Waals surface area (Å²) in [4.78, 5) is 10.3. The predicted octanol–water partition coefficient (Wildman–Crippen LogP) is -1.35. The average Bonchev–Trinajstić information content (AvgIpc) is 2.02. The number of hydrogen-bond acceptors (Lipinski definition) is 3. The smallest absolute Gasteiger partial charge is 0.549 e. The molecule has 0 radical (unpaired) electrons. The molecule has 14 heavy (non-hydrogen) atoms. The SMILES string of the molecule is CC(C)CCCCCC(S)C(=O)[O-].[Na+]. The normalized spacial score (nSPS) is 12.3. The number of rotatable bonds is 7. The number of unbranched alkanes of at least 4 members (excludes halogenated alkanes) is 2. The first-order chi connectivity index (χ1) is 6.04. The first kappa shape index (κ1) is 17.2. The molecule has 1 unspecified atom stereocenters. The summed E-state index contributed by atoms with van der Waals surface area (Å²) >= 11 is 3.91. The van der Waals surface area contributed by atoms with Crippen LogP contribution in [-0.2, 0) is 4.79 Å². The molecule has 0 aliphatic carbocycles. The monoisotopic (exact) mass is 226 g/mol. The van der Waals surface area contributed by atoms with Gasteiger partial charge in [0.2, 0.25) is 0 Å². The minimum absolute atomic E-state index is 0. The molecule has 0 aromatic carbocycles. The molecule has 0 aliphatic rings. The van der Waals surface area contributed by atoms with Crippen LogP contribution in [0.15, 0.2) is 0 Å². The molecule has 0 aromatic rings. The first-order valence-electron chi connectivity index (χ1n) is 4.93. The molecule has 1 atom stereocenters. The molecule has 4 heteroatoms. The van der Waals surface area contributed by atoms with Gasteiger partial charge in [0.05, 0.1) is 5.97 Å². The number of carbonyl (C=O) groups excluding carboxylic acids is 1. The van der Waals surface area contributed by atoms with Gasteiger partial charge in [-0.2, -0.15) is 12.6 Å². The zero-order chi connectivity index (χ0) is 10.3. The molecule has 0 amide bonds. The fraction of sp³-hybridized carbons (Fsp3) is 0.900. The van der Waals surface area contributed by atoms with Gasteiger partial charge in [-0.15, -0.1) is 0 Å². The third kappa shape index (κ3) is 10.9. The molecule has 2 nitrogen and oxygen atoms in total. The fourth-order valence-corrected chi connectivity index (χ4v) is 1.37. The molecule has 0 fully saturated rings. The van der Waals surface area contributed by atoms with E-state index in [2.05, 4.69) is 26.5 Å². The van der Waals surface area contributed by atoms with Crippen molar-refractivity contribution in [2.24, 2.45) is 5.92 Å². The zero-order valence-corrected chi connectivity index (χ0v) is 12.3. The van der Waals surface area contributed by atoms with Crippen molar-refractivity contribution in [1.82, 2.24) is 0 Å². The summed E-state index contributed by atoms with van der Waals surface area (Å²) in [6.07, 6.45) is 5.08. The predicted molar refractivity (Wildman–Crippen MR) is 55.7 cm³/mol. The Kier molecular flexibility index (Phi) is 12.7. The number of carboxylic acid groups (broad SMARTS) is 1. The summed E-state index contributed by atoms with van der Waals surface area (Å²) in [6, 6.07) is 0. The van der Waals surface area contributed by atoms with E-state index in [4.69, 9.17) is 0 Å². The van der Waals surface area contributed by atoms with Crippen molar-refractivity contribution in [2.45, 2.75) is 51.2 Å². The Morgan fingerprint density at radius 3 is 2.14 bits per heavy atom. The fourth-order valence-electron chi connectivity index (χ4n) is 1.18. The third-order valence-corrected chi connectivity index (χ3v) is 2.50. The second-order valence-corrected chi connectivity index (χ2v) is 4.49. The van der Waals surface area contributed by atoms with Gasteiger partial charge >= 0.3 is 29.6 Å². The average molecular weight is 226 g/mol. The number of carbonyl (C=O) groups is 1. The van der Waals surface area contributed by atoms with Crippen molar-refractivity contribution in [2.75, 3.05) is 0 Å². The number of hydrogen-bond donors (Lipinski definition) is 1. The Hall–Kier alpha value is 0.820. The van der Waals surface area contributed by atoms with E-state index in [0.29, 0.717) is 6.42 Å². The maximum absolute atomic E-state index is 10.3. The van der Waals surface area contributed by atoms with E-state index >= 15 is 0 Å². The molecule has 0 bridgehead atoms. The van der Waals surface area contributed by atoms with Crippen molar-refractivity contribution in [3.63, 3.8) is 0 Å². The van der Waals surface area contributed by atoms with Gasteiger partial charge < -0.3 is 9.90 Å². The summed E-state index contributed by atoms with van der Waals surface area (Å²) in [5.74, 6) is -0.305. The van der Waals surface area contributed by atoms with Gasteiger partial charge in [-0.3, -0.25) is 0 Å². The van der Waals surface area contributed by atoms with Gasteiger partial charge in [0.15, 0.2) is 0 Å². The van der Waals surface area contributed by atoms with E-state index in [1.165, 1.54) is 12.8 Å². The van der Waals surface area contributed by atoms with Crippen molar-refractivity contribution in [3.8, 4) is 0 Å². The molecular weight excluding hydrogens is 207 g/mol. The molecule has 0 spiro atoms. The van der Waals surface area contributed by atoms with Gasteiger partial charge in [0, 0.05) is 5.25 Å². The van der Waals surface area contributed by atoms with Crippen LogP contribution in [-0.4, -0.2) is 11.2 Å². The largest absolute Gasteiger partial charge is 1.00 e. The van der Waals surface area contributed by atoms with Crippen molar-refractivity contribution >= 4 is 18.6 Å². The van der Waals surface area contributed by atoms with Crippen LogP contribution in [0.4, 0.5) is 0 Å². The number of aliphatic carboxylic acids is 1. The Morgan fingerprint density at radius 2 is 1.71 bits per heavy atom. The van der Waals surface area contributed by atoms with Gasteiger partial charge in [-0.25, -0.2) is 0 Å². The van der Waals surface area contributed by atoms with Crippen LogP contribution < -0.4 is 34.7 Å². The summed E-state index contributed by atoms with van der Waals surface area (Å²) in [5, 5.41) is 9.70. The zero-order valence-electron chi connectivity index (χ0n) is 9.45. The van der Waals surface area contributed by atoms with E-state index in [1.54, 1.807) is 0 Å². The van der Waals surface area contributed by atoms with E-state index in [0.717, 1.165) is 18.8 Å². The van der Waals surface area contributed by atoms with Crippen LogP contribution in [0.3, 0.4) is 0 Å². The molecule has 0 aromatic heterocycles. The molecule has 0 saturated heterocycles. The maximum Gasteiger partial charge on any atom is 1.00 e. The minimum atomic E-state index is -1.05. The molecule has 78 valence electrons. The second-order valence-electron chi connectivity index (χ2n) is 3.87. The van der Waals surface area contributed by atoms with Gasteiger partial charge in [-0.1, -0.05) is 39.5 Å². The quantitative estimate of drug-likeness (QED) is 0.331. The molecule has 0 saturated carbocycles. The Labute approximate surface area is 115 Å². The van der Waals surface area contributed by atoms with Crippen LogP contribution >= 0.6 is 12.6 Å². The number of carboxylic acids is 1. The summed E-state index contributed by atoms with van der Waals surface area (Å²) < 4.78 is 0. The van der Waals surface area contributed by atoms with Crippen molar-refractivity contribution < 1.29 is 39.5 Å².